The van der Waals surface area contributed by atoms with Crippen molar-refractivity contribution in [3.8, 4) is 17.1 Å². The van der Waals surface area contributed by atoms with Gasteiger partial charge in [-0.1, -0.05) is 6.92 Å². The number of nitrogens with zero attached hydrogens (tertiary/aromatic N) is 4. The maximum atomic E-state index is 16.5. The second-order valence-corrected chi connectivity index (χ2v) is 12.6. The number of benzene rings is 2. The number of halogens is 7. The largest absolute Gasteiger partial charge is 0.462 e. The highest BCUT2D eigenvalue weighted by Gasteiger charge is 2.41. The van der Waals surface area contributed by atoms with Crippen LogP contribution in [0.5, 0.6) is 6.01 Å². The molecule has 1 aromatic heterocycles. The van der Waals surface area contributed by atoms with Gasteiger partial charge in [0.1, 0.15) is 23.8 Å². The maximum Gasteiger partial charge on any atom is 0.417 e. The van der Waals surface area contributed by atoms with Crippen molar-refractivity contribution in [2.75, 3.05) is 50.5 Å². The Labute approximate surface area is 255 Å². The lowest BCUT2D eigenvalue weighted by molar-refractivity contribution is -0.137. The number of nitrogen functional groups attached to an aromatic ring is 1. The lowest BCUT2D eigenvalue weighted by atomic mass is 9.78. The molecule has 3 N–H and O–H groups in total. The molecule has 0 amide bonds. The zero-order valence-electron chi connectivity index (χ0n) is 25.0. The number of nitrogens with two attached hydrogens (primary N) is 1. The second kappa shape index (κ2) is 11.3. The SMILES string of the molecule is Cc1cc(N)c(F)c(-c2c(F)cc3c(N4C[C@H]5CC[C@@H](C4)N5)nc(OC[C@]4(C)CN(C)CC/C4=C\F)nc3c2F)c1C(F)(F)F. The Morgan fingerprint density at radius 3 is 2.42 bits per heavy atom. The van der Waals surface area contributed by atoms with E-state index in [0.717, 1.165) is 31.9 Å². The first-order valence-corrected chi connectivity index (χ1v) is 14.7. The molecule has 0 saturated carbocycles. The summed E-state index contributed by atoms with van der Waals surface area (Å²) >= 11 is 0. The monoisotopic (exact) mass is 638 g/mol. The van der Waals surface area contributed by atoms with Crippen LogP contribution in [0.1, 0.15) is 37.3 Å². The summed E-state index contributed by atoms with van der Waals surface area (Å²) in [4.78, 5) is 12.6. The first kappa shape index (κ1) is 31.3. The average Bonchev–Trinajstić information content (AvgIpc) is 3.30. The molecule has 0 aliphatic carbocycles. The van der Waals surface area contributed by atoms with Crippen molar-refractivity contribution in [2.24, 2.45) is 5.41 Å². The van der Waals surface area contributed by atoms with E-state index >= 15 is 13.2 Å². The van der Waals surface area contributed by atoms with Crippen molar-refractivity contribution in [3.05, 3.63) is 52.6 Å². The van der Waals surface area contributed by atoms with Gasteiger partial charge in [-0.25, -0.2) is 17.6 Å². The summed E-state index contributed by atoms with van der Waals surface area (Å²) < 4.78 is 110. The molecule has 0 unspecified atom stereocenters. The number of hydrogen-bond acceptors (Lipinski definition) is 7. The van der Waals surface area contributed by atoms with Crippen LogP contribution in [0.15, 0.2) is 24.0 Å². The van der Waals surface area contributed by atoms with Gasteiger partial charge in [-0.3, -0.25) is 0 Å². The van der Waals surface area contributed by atoms with Crippen LogP contribution < -0.4 is 20.7 Å². The molecule has 3 fully saturated rings. The van der Waals surface area contributed by atoms with Gasteiger partial charge in [-0.15, -0.1) is 0 Å². The number of likely N-dealkylation sites (tertiary alicyclic amines) is 1. The quantitative estimate of drug-likeness (QED) is 0.257. The van der Waals surface area contributed by atoms with Crippen LogP contribution in [0, 0.1) is 29.8 Å². The molecule has 2 aromatic carbocycles. The average molecular weight is 639 g/mol. The third-order valence-corrected chi connectivity index (χ3v) is 9.19. The maximum absolute atomic E-state index is 16.5. The molecule has 3 saturated heterocycles. The van der Waals surface area contributed by atoms with Crippen molar-refractivity contribution in [2.45, 2.75) is 51.4 Å². The minimum Gasteiger partial charge on any atom is -0.462 e. The summed E-state index contributed by atoms with van der Waals surface area (Å²) in [5.41, 5.74) is -0.502. The van der Waals surface area contributed by atoms with E-state index in [1.165, 1.54) is 0 Å². The Hall–Kier alpha value is -3.65. The van der Waals surface area contributed by atoms with Crippen LogP contribution in [0.25, 0.3) is 22.0 Å². The van der Waals surface area contributed by atoms with Crippen LogP contribution in [-0.4, -0.2) is 66.8 Å². The summed E-state index contributed by atoms with van der Waals surface area (Å²) in [5, 5.41) is 3.35. The van der Waals surface area contributed by atoms with Crippen molar-refractivity contribution in [3.63, 3.8) is 0 Å². The highest BCUT2D eigenvalue weighted by Crippen LogP contribution is 2.46. The van der Waals surface area contributed by atoms with Crippen molar-refractivity contribution in [1.29, 1.82) is 0 Å². The van der Waals surface area contributed by atoms with E-state index in [1.54, 1.807) is 0 Å². The first-order valence-electron chi connectivity index (χ1n) is 14.7. The van der Waals surface area contributed by atoms with Gasteiger partial charge in [0.15, 0.2) is 11.6 Å². The highest BCUT2D eigenvalue weighted by molar-refractivity contribution is 5.94. The molecule has 0 spiro atoms. The lowest BCUT2D eigenvalue weighted by Gasteiger charge is -2.40. The molecule has 4 heterocycles. The second-order valence-electron chi connectivity index (χ2n) is 12.6. The Bertz CT molecular complexity index is 1680. The van der Waals surface area contributed by atoms with Gasteiger partial charge in [0.05, 0.1) is 23.1 Å². The van der Waals surface area contributed by atoms with Crippen molar-refractivity contribution >= 4 is 22.4 Å². The molecule has 7 nitrogen and oxygen atoms in total. The molecule has 6 rings (SSSR count). The molecule has 14 heteroatoms. The molecule has 3 atom stereocenters. The number of ether oxygens (including phenoxy) is 1. The van der Waals surface area contributed by atoms with E-state index in [4.69, 9.17) is 10.5 Å². The van der Waals surface area contributed by atoms with E-state index < -0.39 is 62.5 Å². The highest BCUT2D eigenvalue weighted by atomic mass is 19.4. The number of piperazine rings is 1. The lowest BCUT2D eigenvalue weighted by Crippen LogP contribution is -2.51. The summed E-state index contributed by atoms with van der Waals surface area (Å²) in [6.07, 6.45) is -2.37. The van der Waals surface area contributed by atoms with Gasteiger partial charge in [-0.2, -0.15) is 23.1 Å². The fourth-order valence-electron chi connectivity index (χ4n) is 7.02. The Morgan fingerprint density at radius 1 is 1.09 bits per heavy atom. The summed E-state index contributed by atoms with van der Waals surface area (Å²) in [7, 11) is 1.88. The summed E-state index contributed by atoms with van der Waals surface area (Å²) in [6, 6.07) is 1.47. The Morgan fingerprint density at radius 2 is 1.78 bits per heavy atom. The first-order chi connectivity index (χ1) is 21.2. The number of piperidine rings is 1. The number of alkyl halides is 3. The van der Waals surface area contributed by atoms with Gasteiger partial charge in [0, 0.05) is 54.6 Å². The zero-order valence-corrected chi connectivity index (χ0v) is 25.0. The number of anilines is 2. The third-order valence-electron chi connectivity index (χ3n) is 9.19. The predicted octanol–water partition coefficient (Wildman–Crippen LogP) is 6.14. The smallest absolute Gasteiger partial charge is 0.417 e. The van der Waals surface area contributed by atoms with Crippen LogP contribution >= 0.6 is 0 Å². The fourth-order valence-corrected chi connectivity index (χ4v) is 7.02. The number of aryl methyl sites for hydroxylation is 1. The van der Waals surface area contributed by atoms with Crippen molar-refractivity contribution in [1.82, 2.24) is 20.2 Å². The Kier molecular flexibility index (Phi) is 7.87. The molecule has 0 radical (unpaired) electrons. The van der Waals surface area contributed by atoms with Crippen LogP contribution in [0.2, 0.25) is 0 Å². The van der Waals surface area contributed by atoms with Gasteiger partial charge >= 0.3 is 12.2 Å². The Balaban J connectivity index is 1.54. The molecule has 3 aliphatic rings. The minimum atomic E-state index is -5.16. The number of aromatic nitrogens is 2. The number of hydrogen-bond donors (Lipinski definition) is 2. The van der Waals surface area contributed by atoms with E-state index in [1.807, 2.05) is 23.8 Å². The fraction of sp³-hybridized carbons (Fsp3) is 0.484. The van der Waals surface area contributed by atoms with Crippen LogP contribution in [0.3, 0.4) is 0 Å². The van der Waals surface area contributed by atoms with E-state index in [-0.39, 0.29) is 35.9 Å². The standard InChI is InChI=1S/C31H33F7N6O/c1-15-8-21(39)25(34)23(24(15)31(36,37)38)22-20(33)9-19-27(26(22)35)41-29(42-28(19)44-11-17-4-5-18(12-44)40-17)45-14-30(2)13-43(3)7-6-16(30)10-32/h8-10,17-18,40H,4-7,11-14,39H2,1-3H3/b16-10+/t17-,18+,30-/m0/s1. The van der Waals surface area contributed by atoms with Crippen LogP contribution in [-0.2, 0) is 6.18 Å². The van der Waals surface area contributed by atoms with Gasteiger partial charge in [0.2, 0.25) is 0 Å². The topological polar surface area (TPSA) is 79.5 Å². The third kappa shape index (κ3) is 5.56. The molecule has 45 heavy (non-hydrogen) atoms. The normalized spacial score (nSPS) is 25.0. The van der Waals surface area contributed by atoms with E-state index in [0.29, 0.717) is 44.5 Å². The molecule has 3 aliphatic heterocycles. The van der Waals surface area contributed by atoms with Gasteiger partial charge in [0.25, 0.3) is 0 Å². The van der Waals surface area contributed by atoms with E-state index in [9.17, 15) is 17.6 Å². The summed E-state index contributed by atoms with van der Waals surface area (Å²) in [5.74, 6) is -4.42. The summed E-state index contributed by atoms with van der Waals surface area (Å²) in [6.45, 7) is 4.74. The van der Waals surface area contributed by atoms with E-state index in [2.05, 4.69) is 15.3 Å². The predicted molar refractivity (Wildman–Crippen MR) is 156 cm³/mol. The van der Waals surface area contributed by atoms with Crippen molar-refractivity contribution < 1.29 is 35.5 Å². The molecular formula is C31H33F7N6O. The molecule has 3 aromatic rings. The van der Waals surface area contributed by atoms with Gasteiger partial charge in [-0.05, 0) is 56.5 Å². The number of fused-ring (bicyclic) bond motifs is 3. The van der Waals surface area contributed by atoms with Gasteiger partial charge < -0.3 is 25.6 Å². The molecular weight excluding hydrogens is 605 g/mol. The molecule has 242 valence electrons. The molecule has 2 bridgehead atoms. The number of rotatable bonds is 5. The zero-order chi connectivity index (χ0) is 32.4. The number of nitrogens with one attached hydrogen (secondary N) is 1. The minimum absolute atomic E-state index is 0.0955. The van der Waals surface area contributed by atoms with Crippen LogP contribution in [0.4, 0.5) is 42.2 Å².